The van der Waals surface area contributed by atoms with Gasteiger partial charge in [-0.1, -0.05) is 30.0 Å². The van der Waals surface area contributed by atoms with Crippen molar-refractivity contribution >= 4 is 29.4 Å². The second-order valence-corrected chi connectivity index (χ2v) is 7.61. The lowest BCUT2D eigenvalue weighted by atomic mass is 10.1. The monoisotopic (exact) mass is 452 g/mol. The largest absolute Gasteiger partial charge is 0.405 e. The van der Waals surface area contributed by atoms with Gasteiger partial charge in [-0.3, -0.25) is 9.59 Å². The van der Waals surface area contributed by atoms with Gasteiger partial charge >= 0.3 is 6.18 Å². The van der Waals surface area contributed by atoms with Crippen LogP contribution in [-0.4, -0.2) is 50.7 Å². The molecule has 0 saturated carbocycles. The fraction of sp³-hybridized carbons (Fsp3) is 0.316. The van der Waals surface area contributed by atoms with E-state index in [1.54, 1.807) is 34.1 Å². The molecule has 2 amide bonds. The van der Waals surface area contributed by atoms with Gasteiger partial charge in [-0.25, -0.2) is 9.50 Å². The summed E-state index contributed by atoms with van der Waals surface area (Å²) in [6, 6.07) is 8.63. The Kier molecular flexibility index (Phi) is 6.78. The predicted octanol–water partition coefficient (Wildman–Crippen LogP) is 2.44. The van der Waals surface area contributed by atoms with Crippen molar-refractivity contribution in [3.63, 3.8) is 0 Å². The zero-order valence-corrected chi connectivity index (χ0v) is 17.5. The number of hydrogen-bond donors (Lipinski definition) is 2. The number of nitrogens with one attached hydrogen (secondary N) is 2. The Hall–Kier alpha value is -3.15. The minimum Gasteiger partial charge on any atom is -0.345 e. The van der Waals surface area contributed by atoms with Crippen LogP contribution in [0.2, 0.25) is 0 Å². The first-order valence-electron chi connectivity index (χ1n) is 9.16. The SMILES string of the molecule is Cc1cc(C)n2nc(SCc3ccccc3C(=O)NCC(=O)NCC(F)(F)F)nc2n1. The van der Waals surface area contributed by atoms with E-state index in [4.69, 9.17) is 0 Å². The number of fused-ring (bicyclic) bond motifs is 1. The molecule has 0 saturated heterocycles. The van der Waals surface area contributed by atoms with Crippen LogP contribution in [0.1, 0.15) is 27.3 Å². The highest BCUT2D eigenvalue weighted by molar-refractivity contribution is 7.98. The molecule has 0 atom stereocenters. The minimum absolute atomic E-state index is 0.313. The van der Waals surface area contributed by atoms with E-state index < -0.39 is 31.1 Å². The number of thioether (sulfide) groups is 1. The molecule has 0 radical (unpaired) electrons. The first-order valence-corrected chi connectivity index (χ1v) is 10.1. The molecule has 0 aliphatic rings. The van der Waals surface area contributed by atoms with Gasteiger partial charge in [0.05, 0.1) is 6.54 Å². The molecular formula is C19H19F3N6O2S. The van der Waals surface area contributed by atoms with Crippen LogP contribution in [0.5, 0.6) is 0 Å². The second kappa shape index (κ2) is 9.33. The molecule has 0 spiro atoms. The second-order valence-electron chi connectivity index (χ2n) is 6.67. The Labute approximate surface area is 179 Å². The van der Waals surface area contributed by atoms with Crippen LogP contribution in [-0.2, 0) is 10.5 Å². The third-order valence-corrected chi connectivity index (χ3v) is 5.00. The van der Waals surface area contributed by atoms with E-state index in [0.717, 1.165) is 11.4 Å². The molecule has 8 nitrogen and oxygen atoms in total. The molecule has 2 heterocycles. The van der Waals surface area contributed by atoms with Crippen LogP contribution in [0, 0.1) is 13.8 Å². The van der Waals surface area contributed by atoms with E-state index >= 15 is 0 Å². The maximum Gasteiger partial charge on any atom is 0.405 e. The smallest absolute Gasteiger partial charge is 0.345 e. The zero-order chi connectivity index (χ0) is 22.6. The van der Waals surface area contributed by atoms with Crippen LogP contribution < -0.4 is 10.6 Å². The van der Waals surface area contributed by atoms with Crippen molar-refractivity contribution in [3.8, 4) is 0 Å². The number of aryl methyl sites for hydroxylation is 2. The molecule has 12 heteroatoms. The molecule has 3 rings (SSSR count). The van der Waals surface area contributed by atoms with Crippen LogP contribution in [0.15, 0.2) is 35.5 Å². The summed E-state index contributed by atoms with van der Waals surface area (Å²) in [4.78, 5) is 32.7. The lowest BCUT2D eigenvalue weighted by Gasteiger charge is -2.11. The fourth-order valence-electron chi connectivity index (χ4n) is 2.74. The summed E-state index contributed by atoms with van der Waals surface area (Å²) >= 11 is 1.31. The van der Waals surface area contributed by atoms with Crippen molar-refractivity contribution in [1.29, 1.82) is 0 Å². The molecule has 2 N–H and O–H groups in total. The summed E-state index contributed by atoms with van der Waals surface area (Å²) in [7, 11) is 0. The lowest BCUT2D eigenvalue weighted by Crippen LogP contribution is -2.41. The number of benzene rings is 1. The normalized spacial score (nSPS) is 11.5. The van der Waals surface area contributed by atoms with E-state index in [-0.39, 0.29) is 0 Å². The fourth-order valence-corrected chi connectivity index (χ4v) is 3.56. The van der Waals surface area contributed by atoms with Crippen LogP contribution >= 0.6 is 11.8 Å². The number of carbonyl (C=O) groups excluding carboxylic acids is 2. The third kappa shape index (κ3) is 6.17. The van der Waals surface area contributed by atoms with Crippen molar-refractivity contribution in [2.24, 2.45) is 0 Å². The number of halogens is 3. The summed E-state index contributed by atoms with van der Waals surface area (Å²) in [6.45, 7) is 1.76. The number of amides is 2. The van der Waals surface area contributed by atoms with E-state index in [2.05, 4.69) is 20.4 Å². The van der Waals surface area contributed by atoms with Crippen molar-refractivity contribution in [2.75, 3.05) is 13.1 Å². The van der Waals surface area contributed by atoms with Gasteiger partial charge in [-0.15, -0.1) is 5.10 Å². The molecule has 0 fully saturated rings. The Morgan fingerprint density at radius 3 is 2.61 bits per heavy atom. The van der Waals surface area contributed by atoms with Gasteiger partial charge in [0.25, 0.3) is 11.7 Å². The summed E-state index contributed by atoms with van der Waals surface area (Å²) in [5.74, 6) is -0.631. The number of carbonyl (C=O) groups is 2. The standard InChI is InChI=1S/C19H19F3N6O2S/c1-11-7-12(2)28-17(25-11)26-18(27-28)31-9-13-5-3-4-6-14(13)16(30)23-8-15(29)24-10-19(20,21)22/h3-7H,8-10H2,1-2H3,(H,23,30)(H,24,29). The van der Waals surface area contributed by atoms with Gasteiger partial charge in [-0.2, -0.15) is 18.2 Å². The lowest BCUT2D eigenvalue weighted by molar-refractivity contribution is -0.137. The quantitative estimate of drug-likeness (QED) is 0.534. The average Bonchev–Trinajstić information content (AvgIpc) is 3.12. The Balaban J connectivity index is 1.63. The molecule has 31 heavy (non-hydrogen) atoms. The number of nitrogens with zero attached hydrogens (tertiary/aromatic N) is 4. The molecule has 0 aliphatic heterocycles. The highest BCUT2D eigenvalue weighted by atomic mass is 32.2. The number of aromatic nitrogens is 4. The van der Waals surface area contributed by atoms with Gasteiger partial charge in [0.15, 0.2) is 0 Å². The predicted molar refractivity (Wildman–Crippen MR) is 108 cm³/mol. The highest BCUT2D eigenvalue weighted by Gasteiger charge is 2.27. The van der Waals surface area contributed by atoms with Gasteiger partial charge in [0.1, 0.15) is 6.54 Å². The Morgan fingerprint density at radius 2 is 1.87 bits per heavy atom. The number of hydrogen-bond acceptors (Lipinski definition) is 6. The number of rotatable bonds is 7. The van der Waals surface area contributed by atoms with Gasteiger partial charge in [-0.05, 0) is 31.5 Å². The van der Waals surface area contributed by atoms with Crippen LogP contribution in [0.25, 0.3) is 5.78 Å². The van der Waals surface area contributed by atoms with E-state index in [1.165, 1.54) is 11.8 Å². The van der Waals surface area contributed by atoms with E-state index in [1.807, 2.05) is 19.9 Å². The topological polar surface area (TPSA) is 101 Å². The first kappa shape index (κ1) is 22.5. The molecule has 3 aromatic rings. The summed E-state index contributed by atoms with van der Waals surface area (Å²) in [6.07, 6.45) is -4.51. The van der Waals surface area contributed by atoms with Crippen LogP contribution in [0.3, 0.4) is 0 Å². The molecule has 0 unspecified atom stereocenters. The zero-order valence-electron chi connectivity index (χ0n) is 16.7. The Bertz CT molecular complexity index is 1120. The van der Waals surface area contributed by atoms with Crippen LogP contribution in [0.4, 0.5) is 13.2 Å². The molecule has 2 aromatic heterocycles. The minimum atomic E-state index is -4.51. The molecule has 0 aliphatic carbocycles. The highest BCUT2D eigenvalue weighted by Crippen LogP contribution is 2.22. The van der Waals surface area contributed by atoms with Crippen molar-refractivity contribution < 1.29 is 22.8 Å². The summed E-state index contributed by atoms with van der Waals surface area (Å²) in [5, 5.41) is 8.93. The summed E-state index contributed by atoms with van der Waals surface area (Å²) in [5.41, 5.74) is 2.70. The van der Waals surface area contributed by atoms with Crippen molar-refractivity contribution in [3.05, 3.63) is 52.8 Å². The van der Waals surface area contributed by atoms with Crippen molar-refractivity contribution in [2.45, 2.75) is 30.9 Å². The number of alkyl halides is 3. The van der Waals surface area contributed by atoms with Gasteiger partial charge in [0.2, 0.25) is 11.1 Å². The molecule has 164 valence electrons. The van der Waals surface area contributed by atoms with E-state index in [9.17, 15) is 22.8 Å². The Morgan fingerprint density at radius 1 is 1.13 bits per heavy atom. The third-order valence-electron chi connectivity index (χ3n) is 4.11. The van der Waals surface area contributed by atoms with Gasteiger partial charge in [0, 0.05) is 22.7 Å². The molecule has 0 bridgehead atoms. The first-order chi connectivity index (χ1) is 14.6. The summed E-state index contributed by atoms with van der Waals surface area (Å²) < 4.78 is 38.1. The molecular weight excluding hydrogens is 433 g/mol. The van der Waals surface area contributed by atoms with E-state index in [0.29, 0.717) is 27.8 Å². The maximum absolute atomic E-state index is 12.4. The van der Waals surface area contributed by atoms with Crippen molar-refractivity contribution in [1.82, 2.24) is 30.2 Å². The maximum atomic E-state index is 12.4. The average molecular weight is 452 g/mol. The van der Waals surface area contributed by atoms with Gasteiger partial charge < -0.3 is 10.6 Å². The molecule has 1 aromatic carbocycles.